The van der Waals surface area contributed by atoms with E-state index in [1.165, 1.54) is 0 Å². The Labute approximate surface area is 185 Å². The largest absolute Gasteiger partial charge is 0.495 e. The molecule has 2 aromatic carbocycles. The van der Waals surface area contributed by atoms with Crippen LogP contribution in [0.2, 0.25) is 0 Å². The highest BCUT2D eigenvalue weighted by Crippen LogP contribution is 2.37. The lowest BCUT2D eigenvalue weighted by atomic mass is 9.75. The van der Waals surface area contributed by atoms with Gasteiger partial charge in [-0.2, -0.15) is 5.26 Å². The molecule has 2 fully saturated rings. The zero-order valence-electron chi connectivity index (χ0n) is 18.7. The van der Waals surface area contributed by atoms with Gasteiger partial charge in [0.15, 0.2) is 0 Å². The summed E-state index contributed by atoms with van der Waals surface area (Å²) in [6.07, 6.45) is 1.90. The second-order valence-electron chi connectivity index (χ2n) is 9.57. The molecule has 0 spiro atoms. The molecule has 4 rings (SSSR count). The number of hydrogen-bond donors (Lipinski definition) is 0. The number of rotatable bonds is 6. The molecule has 1 saturated heterocycles. The summed E-state index contributed by atoms with van der Waals surface area (Å²) in [6, 6.07) is 17.8. The fourth-order valence-corrected chi connectivity index (χ4v) is 3.82. The number of nitriles is 1. The first kappa shape index (κ1) is 21.6. The van der Waals surface area contributed by atoms with Crippen LogP contribution in [-0.2, 0) is 27.2 Å². The van der Waals surface area contributed by atoms with Crippen LogP contribution in [0.15, 0.2) is 48.5 Å². The average molecular weight is 416 g/mol. The van der Waals surface area contributed by atoms with Crippen LogP contribution in [0.25, 0.3) is 0 Å². The third-order valence-electron chi connectivity index (χ3n) is 6.59. The molecule has 0 aromatic heterocycles. The molecule has 1 amide bonds. The number of nitrogens with zero attached hydrogens (tertiary/aromatic N) is 2. The Morgan fingerprint density at radius 1 is 1.06 bits per heavy atom. The zero-order valence-corrected chi connectivity index (χ0v) is 18.7. The fraction of sp³-hybridized carbons (Fsp3) is 0.440. The lowest BCUT2D eigenvalue weighted by Crippen LogP contribution is -2.41. The monoisotopic (exact) mass is 416 g/mol. The van der Waals surface area contributed by atoms with Gasteiger partial charge in [0.2, 0.25) is 5.91 Å². The quantitative estimate of drug-likeness (QED) is 0.673. The van der Waals surface area contributed by atoms with Crippen LogP contribution in [0, 0.1) is 17.2 Å². The zero-order chi connectivity index (χ0) is 22.2. The second-order valence-corrected chi connectivity index (χ2v) is 9.57. The molecule has 1 saturated carbocycles. The van der Waals surface area contributed by atoms with E-state index in [2.05, 4.69) is 6.07 Å². The van der Waals surface area contributed by atoms with Gasteiger partial charge in [0, 0.05) is 19.0 Å². The van der Waals surface area contributed by atoms with E-state index in [4.69, 9.17) is 9.31 Å². The van der Waals surface area contributed by atoms with Crippen LogP contribution >= 0.6 is 0 Å². The maximum atomic E-state index is 13.1. The Balaban J connectivity index is 1.66. The SMILES string of the molecule is CC1(C)OB(c2ccc(C#N)cc2CN(Cc2ccccc2)C(=O)C2CC2)OC1(C)C. The minimum absolute atomic E-state index is 0.114. The first-order valence-corrected chi connectivity index (χ1v) is 10.9. The van der Waals surface area contributed by atoms with Gasteiger partial charge in [-0.25, -0.2) is 0 Å². The number of benzene rings is 2. The predicted molar refractivity (Wildman–Crippen MR) is 120 cm³/mol. The van der Waals surface area contributed by atoms with Gasteiger partial charge in [-0.05, 0) is 69.3 Å². The summed E-state index contributed by atoms with van der Waals surface area (Å²) in [5, 5.41) is 9.47. The summed E-state index contributed by atoms with van der Waals surface area (Å²) < 4.78 is 12.6. The van der Waals surface area contributed by atoms with Gasteiger partial charge in [0.05, 0.1) is 22.8 Å². The Morgan fingerprint density at radius 3 is 2.29 bits per heavy atom. The summed E-state index contributed by atoms with van der Waals surface area (Å²) >= 11 is 0. The maximum absolute atomic E-state index is 13.1. The van der Waals surface area contributed by atoms with Crippen molar-refractivity contribution < 1.29 is 14.1 Å². The predicted octanol–water partition coefficient (Wildman–Crippen LogP) is 3.80. The van der Waals surface area contributed by atoms with Gasteiger partial charge >= 0.3 is 7.12 Å². The molecule has 1 aliphatic heterocycles. The smallest absolute Gasteiger partial charge is 0.399 e. The average Bonchev–Trinajstić information content (AvgIpc) is 3.54. The normalized spacial score (nSPS) is 19.1. The fourth-order valence-electron chi connectivity index (χ4n) is 3.82. The molecule has 160 valence electrons. The Hall–Kier alpha value is -2.62. The van der Waals surface area contributed by atoms with Crippen molar-refractivity contribution in [2.24, 2.45) is 5.92 Å². The number of hydrogen-bond acceptors (Lipinski definition) is 4. The van der Waals surface area contributed by atoms with Gasteiger partial charge in [-0.1, -0.05) is 36.4 Å². The van der Waals surface area contributed by atoms with Gasteiger partial charge < -0.3 is 14.2 Å². The summed E-state index contributed by atoms with van der Waals surface area (Å²) in [4.78, 5) is 15.0. The molecule has 0 bridgehead atoms. The molecule has 2 aromatic rings. The summed E-state index contributed by atoms with van der Waals surface area (Å²) in [7, 11) is -0.539. The van der Waals surface area contributed by atoms with E-state index in [0.717, 1.165) is 29.4 Å². The van der Waals surface area contributed by atoms with Crippen LogP contribution in [-0.4, -0.2) is 29.1 Å². The van der Waals surface area contributed by atoms with Crippen molar-refractivity contribution in [1.82, 2.24) is 4.90 Å². The van der Waals surface area contributed by atoms with Gasteiger partial charge in [0.1, 0.15) is 0 Å². The van der Waals surface area contributed by atoms with E-state index in [9.17, 15) is 10.1 Å². The molecule has 0 atom stereocenters. The van der Waals surface area contributed by atoms with Crippen LogP contribution in [0.4, 0.5) is 0 Å². The van der Waals surface area contributed by atoms with E-state index in [1.807, 2.05) is 75.1 Å². The van der Waals surface area contributed by atoms with Crippen molar-refractivity contribution in [2.45, 2.75) is 64.8 Å². The Kier molecular flexibility index (Phi) is 5.68. The molecule has 0 N–H and O–H groups in total. The minimum atomic E-state index is -0.539. The maximum Gasteiger partial charge on any atom is 0.495 e. The molecule has 6 heteroatoms. The van der Waals surface area contributed by atoms with Crippen molar-refractivity contribution in [3.05, 3.63) is 65.2 Å². The first-order valence-electron chi connectivity index (χ1n) is 10.9. The highest BCUT2D eigenvalue weighted by Gasteiger charge is 2.52. The van der Waals surface area contributed by atoms with E-state index < -0.39 is 18.3 Å². The van der Waals surface area contributed by atoms with Crippen molar-refractivity contribution in [3.8, 4) is 6.07 Å². The number of carbonyl (C=O) groups excluding carboxylic acids is 1. The Morgan fingerprint density at radius 2 is 1.71 bits per heavy atom. The molecule has 1 heterocycles. The molecular formula is C25H29BN2O3. The van der Waals surface area contributed by atoms with E-state index in [1.54, 1.807) is 6.07 Å². The van der Waals surface area contributed by atoms with Crippen molar-refractivity contribution in [3.63, 3.8) is 0 Å². The van der Waals surface area contributed by atoms with Crippen LogP contribution < -0.4 is 5.46 Å². The second kappa shape index (κ2) is 8.14. The molecule has 2 aliphatic rings. The van der Waals surface area contributed by atoms with E-state index in [0.29, 0.717) is 18.7 Å². The van der Waals surface area contributed by atoms with Crippen LogP contribution in [0.3, 0.4) is 0 Å². The van der Waals surface area contributed by atoms with Gasteiger partial charge in [0.25, 0.3) is 0 Å². The Bertz CT molecular complexity index is 993. The molecule has 0 unspecified atom stereocenters. The lowest BCUT2D eigenvalue weighted by Gasteiger charge is -2.32. The summed E-state index contributed by atoms with van der Waals surface area (Å²) in [5.74, 6) is 0.286. The highest BCUT2D eigenvalue weighted by atomic mass is 16.7. The van der Waals surface area contributed by atoms with E-state index in [-0.39, 0.29) is 11.8 Å². The lowest BCUT2D eigenvalue weighted by molar-refractivity contribution is -0.133. The third-order valence-corrected chi connectivity index (χ3v) is 6.59. The topological polar surface area (TPSA) is 62.6 Å². The molecule has 0 radical (unpaired) electrons. The third kappa shape index (κ3) is 4.53. The van der Waals surface area contributed by atoms with Crippen LogP contribution in [0.1, 0.15) is 57.2 Å². The van der Waals surface area contributed by atoms with Crippen molar-refractivity contribution in [2.75, 3.05) is 0 Å². The molecular weight excluding hydrogens is 387 g/mol. The summed E-state index contributed by atoms with van der Waals surface area (Å²) in [5.41, 5.74) is 2.49. The van der Waals surface area contributed by atoms with Crippen LogP contribution in [0.5, 0.6) is 0 Å². The minimum Gasteiger partial charge on any atom is -0.399 e. The molecule has 31 heavy (non-hydrogen) atoms. The first-order chi connectivity index (χ1) is 14.7. The summed E-state index contributed by atoms with van der Waals surface area (Å²) in [6.45, 7) is 9.04. The van der Waals surface area contributed by atoms with Gasteiger partial charge in [-0.15, -0.1) is 0 Å². The van der Waals surface area contributed by atoms with E-state index >= 15 is 0 Å². The standard InChI is InChI=1S/C25H29BN2O3/c1-24(2)25(3,4)31-26(30-24)22-13-10-19(15-27)14-21(22)17-28(23(29)20-11-12-20)16-18-8-6-5-7-9-18/h5-10,13-14,20H,11-12,16-17H2,1-4H3. The molecule has 1 aliphatic carbocycles. The highest BCUT2D eigenvalue weighted by molar-refractivity contribution is 6.62. The molecule has 5 nitrogen and oxygen atoms in total. The number of amides is 1. The van der Waals surface area contributed by atoms with Crippen molar-refractivity contribution in [1.29, 1.82) is 5.26 Å². The van der Waals surface area contributed by atoms with Gasteiger partial charge in [-0.3, -0.25) is 4.79 Å². The number of carbonyl (C=O) groups is 1. The van der Waals surface area contributed by atoms with Crippen molar-refractivity contribution >= 4 is 18.5 Å².